The summed E-state index contributed by atoms with van der Waals surface area (Å²) in [5.74, 6) is 0.360. The number of hydrogen-bond acceptors (Lipinski definition) is 6. The van der Waals surface area contributed by atoms with Gasteiger partial charge in [-0.05, 0) is 48.9 Å². The van der Waals surface area contributed by atoms with Gasteiger partial charge in [0.05, 0.1) is 23.8 Å². The predicted molar refractivity (Wildman–Crippen MR) is 136 cm³/mol. The van der Waals surface area contributed by atoms with E-state index in [-0.39, 0.29) is 30.8 Å². The Balaban J connectivity index is 0.000000304. The molecule has 11 heteroatoms. The van der Waals surface area contributed by atoms with E-state index in [2.05, 4.69) is 9.97 Å². The minimum atomic E-state index is -3.40. The maximum atomic E-state index is 11.2. The molecule has 2 unspecified atom stereocenters. The van der Waals surface area contributed by atoms with Gasteiger partial charge < -0.3 is 5.11 Å². The Morgan fingerprint density at radius 2 is 1.42 bits per heavy atom. The molecular formula is C22H30Cl4N2O4S. The highest BCUT2D eigenvalue weighted by molar-refractivity contribution is 7.86. The average Bonchev–Trinajstić information content (AvgIpc) is 3.38. The van der Waals surface area contributed by atoms with Crippen LogP contribution >= 0.6 is 46.4 Å². The highest BCUT2D eigenvalue weighted by Gasteiger charge is 2.32. The third-order valence-electron chi connectivity index (χ3n) is 5.59. The highest BCUT2D eigenvalue weighted by atomic mass is 35.5. The van der Waals surface area contributed by atoms with Crippen molar-refractivity contribution in [2.75, 3.05) is 11.6 Å². The molecule has 0 aromatic carbocycles. The first-order chi connectivity index (χ1) is 15.6. The zero-order valence-corrected chi connectivity index (χ0v) is 22.0. The Kier molecular flexibility index (Phi) is 12.1. The van der Waals surface area contributed by atoms with Gasteiger partial charge in [-0.2, -0.15) is 8.42 Å². The van der Waals surface area contributed by atoms with E-state index in [1.54, 1.807) is 24.5 Å². The van der Waals surface area contributed by atoms with Crippen molar-refractivity contribution in [2.24, 2.45) is 0 Å². The number of alkyl halides is 2. The van der Waals surface area contributed by atoms with E-state index in [0.717, 1.165) is 55.9 Å². The molecule has 0 spiro atoms. The molecule has 2 aromatic rings. The highest BCUT2D eigenvalue weighted by Crippen LogP contribution is 2.37. The zero-order valence-electron chi connectivity index (χ0n) is 18.2. The summed E-state index contributed by atoms with van der Waals surface area (Å²) < 4.78 is 27.4. The van der Waals surface area contributed by atoms with Crippen molar-refractivity contribution in [3.63, 3.8) is 0 Å². The molecule has 2 fully saturated rings. The number of hydrogen-bond donors (Lipinski definition) is 1. The van der Waals surface area contributed by atoms with Gasteiger partial charge in [-0.15, -0.1) is 23.2 Å². The van der Waals surface area contributed by atoms with Gasteiger partial charge in [0.2, 0.25) is 0 Å². The predicted octanol–water partition coefficient (Wildman–Crippen LogP) is 6.38. The standard InChI is InChI=1S/C11H14ClNO3S.C10H12ClNO.CH2Cl2.H2/c1-17(14,15)16-10-4-2-3-9(10)8-5-6-11(12)13-7-8;11-10-5-4-7(6-12-10)8-2-1-3-9(8)13;2-1-3;/h5-7,9-10H,2-4H2,1H3;4-6,8-9,13H,1-3H2;1H2;1H/t9-,10?;8-,9?;;/m11../s1/i;;;1+1. The van der Waals surface area contributed by atoms with Crippen molar-refractivity contribution < 1.29 is 19.1 Å². The van der Waals surface area contributed by atoms with Crippen molar-refractivity contribution in [2.45, 2.75) is 62.6 Å². The fourth-order valence-corrected chi connectivity index (χ4v) is 5.09. The molecule has 0 amide bonds. The largest absolute Gasteiger partial charge is 0.392 e. The molecule has 0 saturated heterocycles. The first-order valence-corrected chi connectivity index (χ1v) is 14.2. The van der Waals surface area contributed by atoms with Crippen molar-refractivity contribution in [3.05, 3.63) is 58.1 Å². The smallest absolute Gasteiger partial charge is 0.264 e. The van der Waals surface area contributed by atoms with E-state index in [0.29, 0.717) is 10.3 Å². The van der Waals surface area contributed by atoms with Gasteiger partial charge in [-0.25, -0.2) is 9.97 Å². The molecule has 2 aliphatic carbocycles. The topological polar surface area (TPSA) is 89.4 Å². The zero-order chi connectivity index (χ0) is 24.4. The van der Waals surface area contributed by atoms with E-state index < -0.39 is 10.1 Å². The maximum Gasteiger partial charge on any atom is 0.264 e. The van der Waals surface area contributed by atoms with Crippen molar-refractivity contribution in [3.8, 4) is 0 Å². The molecule has 2 aromatic heterocycles. The molecule has 2 saturated carbocycles. The van der Waals surface area contributed by atoms with Crippen LogP contribution in [0.2, 0.25) is 10.3 Å². The third-order valence-corrected chi connectivity index (χ3v) is 6.63. The Labute approximate surface area is 217 Å². The number of nitrogens with zero attached hydrogens (tertiary/aromatic N) is 2. The van der Waals surface area contributed by atoms with Gasteiger partial charge in [-0.3, -0.25) is 4.18 Å². The third kappa shape index (κ3) is 9.84. The number of aromatic nitrogens is 2. The summed E-state index contributed by atoms with van der Waals surface area (Å²) >= 11 is 20.9. The van der Waals surface area contributed by atoms with Gasteiger partial charge in [0.1, 0.15) is 10.3 Å². The Bertz CT molecular complexity index is 952. The van der Waals surface area contributed by atoms with Crippen LogP contribution in [0.1, 0.15) is 62.9 Å². The quantitative estimate of drug-likeness (QED) is 0.265. The fourth-order valence-electron chi connectivity index (χ4n) is 4.19. The monoisotopic (exact) mass is 559 g/mol. The van der Waals surface area contributed by atoms with E-state index in [1.165, 1.54) is 0 Å². The summed E-state index contributed by atoms with van der Waals surface area (Å²) in [5.41, 5.74) is 2.09. The second-order valence-corrected chi connectivity index (χ2v) is 11.1. The summed E-state index contributed by atoms with van der Waals surface area (Å²) in [7, 11) is -3.40. The number of aliphatic hydroxyl groups excluding tert-OH is 1. The van der Waals surface area contributed by atoms with Crippen LogP contribution < -0.4 is 0 Å². The second-order valence-electron chi connectivity index (χ2n) is 7.91. The summed E-state index contributed by atoms with van der Waals surface area (Å²) in [4.78, 5) is 8.03. The van der Waals surface area contributed by atoms with Crippen LogP contribution in [0.15, 0.2) is 36.7 Å². The minimum Gasteiger partial charge on any atom is -0.392 e. The molecule has 33 heavy (non-hydrogen) atoms. The van der Waals surface area contributed by atoms with E-state index in [4.69, 9.17) is 50.6 Å². The Morgan fingerprint density at radius 1 is 0.939 bits per heavy atom. The molecule has 1 N–H and O–H groups in total. The first-order valence-electron chi connectivity index (χ1n) is 10.6. The SMILES string of the molecule is CS(=O)(=O)OC1CCC[C@@H]1c1ccc(Cl)nc1.ClCCl.OC1CCC[C@@H]1c1ccc(Cl)nc1.[2HH]. The van der Waals surface area contributed by atoms with Crippen LogP contribution in [-0.2, 0) is 14.3 Å². The lowest BCUT2D eigenvalue weighted by molar-refractivity contribution is 0.163. The van der Waals surface area contributed by atoms with Crippen molar-refractivity contribution in [1.82, 2.24) is 9.97 Å². The maximum absolute atomic E-state index is 11.2. The summed E-state index contributed by atoms with van der Waals surface area (Å²) in [6, 6.07) is 7.33. The molecule has 0 aliphatic heterocycles. The second kappa shape index (κ2) is 14.0. The number of halogens is 4. The van der Waals surface area contributed by atoms with Gasteiger partial charge in [0, 0.05) is 25.7 Å². The van der Waals surface area contributed by atoms with E-state index >= 15 is 0 Å². The van der Waals surface area contributed by atoms with Gasteiger partial charge in [0.15, 0.2) is 0 Å². The number of pyridine rings is 2. The van der Waals surface area contributed by atoms with Crippen LogP contribution in [0, 0.1) is 0 Å². The summed E-state index contributed by atoms with van der Waals surface area (Å²) in [6.07, 6.45) is 9.81. The lowest BCUT2D eigenvalue weighted by atomic mass is 9.98. The number of rotatable bonds is 4. The molecule has 0 bridgehead atoms. The van der Waals surface area contributed by atoms with Crippen LogP contribution in [0.4, 0.5) is 0 Å². The van der Waals surface area contributed by atoms with E-state index in [1.807, 2.05) is 12.1 Å². The van der Waals surface area contributed by atoms with Crippen LogP contribution in [0.3, 0.4) is 0 Å². The van der Waals surface area contributed by atoms with Crippen LogP contribution in [0.5, 0.6) is 0 Å². The molecule has 0 radical (unpaired) electrons. The Hall–Kier alpha value is -0.670. The Morgan fingerprint density at radius 3 is 1.85 bits per heavy atom. The van der Waals surface area contributed by atoms with Crippen molar-refractivity contribution in [1.29, 1.82) is 0 Å². The fraction of sp³-hybridized carbons (Fsp3) is 0.545. The van der Waals surface area contributed by atoms with Crippen LogP contribution in [-0.4, -0.2) is 47.3 Å². The van der Waals surface area contributed by atoms with Gasteiger partial charge >= 0.3 is 0 Å². The average molecular weight is 561 g/mol. The first kappa shape index (κ1) is 28.6. The lowest BCUT2D eigenvalue weighted by Crippen LogP contribution is -2.20. The normalized spacial score (nSPS) is 24.4. The minimum absolute atomic E-state index is 0. The lowest BCUT2D eigenvalue weighted by Gasteiger charge is -2.18. The van der Waals surface area contributed by atoms with Crippen LogP contribution in [0.25, 0.3) is 0 Å². The van der Waals surface area contributed by atoms with Crippen molar-refractivity contribution >= 4 is 56.5 Å². The summed E-state index contributed by atoms with van der Waals surface area (Å²) in [5, 5.41) is 10.8. The number of aliphatic hydroxyl groups is 1. The molecule has 4 atom stereocenters. The molecule has 6 nitrogen and oxygen atoms in total. The molecular weight excluding hydrogens is 530 g/mol. The molecule has 2 aliphatic rings. The summed E-state index contributed by atoms with van der Waals surface area (Å²) in [6.45, 7) is 0. The molecule has 4 rings (SSSR count). The molecule has 186 valence electrons. The van der Waals surface area contributed by atoms with E-state index in [9.17, 15) is 13.5 Å². The van der Waals surface area contributed by atoms with Gasteiger partial charge in [-0.1, -0.05) is 48.2 Å². The van der Waals surface area contributed by atoms with Gasteiger partial charge in [0.25, 0.3) is 10.1 Å². The molecule has 2 heterocycles.